The number of nitrogens with one attached hydrogen (secondary N) is 1. The number of carbonyl (C=O) groups excluding carboxylic acids is 1. The predicted molar refractivity (Wildman–Crippen MR) is 73.5 cm³/mol. The van der Waals surface area contributed by atoms with Crippen molar-refractivity contribution in [1.82, 2.24) is 15.1 Å². The van der Waals surface area contributed by atoms with Gasteiger partial charge in [-0.25, -0.2) is 0 Å². The highest BCUT2D eigenvalue weighted by Crippen LogP contribution is 2.27. The molecule has 1 aliphatic heterocycles. The molecule has 1 N–H and O–H groups in total. The van der Waals surface area contributed by atoms with E-state index in [-0.39, 0.29) is 5.91 Å². The lowest BCUT2D eigenvalue weighted by atomic mass is 10.2. The fourth-order valence-electron chi connectivity index (χ4n) is 2.82. The molecule has 1 unspecified atom stereocenters. The van der Waals surface area contributed by atoms with Crippen molar-refractivity contribution < 1.29 is 4.79 Å². The number of hydrogen-bond donors (Lipinski definition) is 1. The number of amides is 1. The van der Waals surface area contributed by atoms with E-state index in [1.165, 1.54) is 12.8 Å². The van der Waals surface area contributed by atoms with E-state index in [2.05, 4.69) is 24.1 Å². The number of carbonyl (C=O) groups is 1. The summed E-state index contributed by atoms with van der Waals surface area (Å²) < 4.78 is 0. The molecule has 0 aromatic rings. The van der Waals surface area contributed by atoms with E-state index in [9.17, 15) is 4.79 Å². The molecule has 0 radical (unpaired) electrons. The van der Waals surface area contributed by atoms with Crippen LogP contribution in [0.3, 0.4) is 0 Å². The molecule has 0 aromatic heterocycles. The van der Waals surface area contributed by atoms with Gasteiger partial charge in [0.05, 0.1) is 6.54 Å². The molecule has 104 valence electrons. The van der Waals surface area contributed by atoms with Crippen LogP contribution in [-0.2, 0) is 4.79 Å². The molecule has 1 heterocycles. The van der Waals surface area contributed by atoms with Crippen molar-refractivity contribution in [2.24, 2.45) is 5.92 Å². The smallest absolute Gasteiger partial charge is 0.236 e. The predicted octanol–water partition coefficient (Wildman–Crippen LogP) is 0.929. The van der Waals surface area contributed by atoms with E-state index in [1.807, 2.05) is 4.90 Å². The van der Waals surface area contributed by atoms with Crippen LogP contribution in [-0.4, -0.2) is 61.0 Å². The molecule has 1 saturated carbocycles. The summed E-state index contributed by atoms with van der Waals surface area (Å²) in [4.78, 5) is 16.5. The van der Waals surface area contributed by atoms with Gasteiger partial charge in [-0.2, -0.15) is 0 Å². The largest absolute Gasteiger partial charge is 0.340 e. The minimum absolute atomic E-state index is 0.283. The van der Waals surface area contributed by atoms with Gasteiger partial charge in [0.25, 0.3) is 0 Å². The maximum atomic E-state index is 12.0. The lowest BCUT2D eigenvalue weighted by Crippen LogP contribution is -2.41. The lowest BCUT2D eigenvalue weighted by molar-refractivity contribution is -0.129. The first-order valence-corrected chi connectivity index (χ1v) is 7.47. The van der Waals surface area contributed by atoms with Gasteiger partial charge in [-0.05, 0) is 44.8 Å². The van der Waals surface area contributed by atoms with Crippen LogP contribution in [0.4, 0.5) is 0 Å². The van der Waals surface area contributed by atoms with Crippen molar-refractivity contribution in [3.63, 3.8) is 0 Å². The average Bonchev–Trinajstić information content (AvgIpc) is 3.06. The molecule has 0 aromatic carbocycles. The Morgan fingerprint density at radius 2 is 2.00 bits per heavy atom. The number of likely N-dealkylation sites (tertiary alicyclic amines) is 1. The van der Waals surface area contributed by atoms with Crippen molar-refractivity contribution in [3.8, 4) is 0 Å². The first-order valence-electron chi connectivity index (χ1n) is 7.47. The van der Waals surface area contributed by atoms with Crippen molar-refractivity contribution in [1.29, 1.82) is 0 Å². The highest BCUT2D eigenvalue weighted by atomic mass is 16.2. The van der Waals surface area contributed by atoms with E-state index in [1.54, 1.807) is 0 Å². The summed E-state index contributed by atoms with van der Waals surface area (Å²) in [7, 11) is 0. The van der Waals surface area contributed by atoms with Crippen LogP contribution >= 0.6 is 0 Å². The third-order valence-corrected chi connectivity index (χ3v) is 4.25. The summed E-state index contributed by atoms with van der Waals surface area (Å²) in [6.45, 7) is 9.99. The second kappa shape index (κ2) is 6.53. The molecular weight excluding hydrogens is 226 g/mol. The summed E-state index contributed by atoms with van der Waals surface area (Å²) >= 11 is 0. The monoisotopic (exact) mass is 253 g/mol. The Hall–Kier alpha value is -0.610. The van der Waals surface area contributed by atoms with Crippen LogP contribution in [0.2, 0.25) is 0 Å². The van der Waals surface area contributed by atoms with Crippen molar-refractivity contribution in [3.05, 3.63) is 0 Å². The minimum Gasteiger partial charge on any atom is -0.340 e. The normalized spacial score (nSPS) is 23.9. The molecule has 1 amide bonds. The summed E-state index contributed by atoms with van der Waals surface area (Å²) in [5, 5.41) is 3.29. The van der Waals surface area contributed by atoms with Crippen LogP contribution in [0.5, 0.6) is 0 Å². The van der Waals surface area contributed by atoms with Gasteiger partial charge in [-0.1, -0.05) is 13.8 Å². The van der Waals surface area contributed by atoms with E-state index >= 15 is 0 Å². The second-order valence-corrected chi connectivity index (χ2v) is 5.58. The molecule has 2 rings (SSSR count). The Morgan fingerprint density at radius 1 is 1.28 bits per heavy atom. The van der Waals surface area contributed by atoms with Crippen molar-refractivity contribution >= 4 is 5.91 Å². The van der Waals surface area contributed by atoms with Gasteiger partial charge >= 0.3 is 0 Å². The van der Waals surface area contributed by atoms with Gasteiger partial charge in [-0.3, -0.25) is 9.69 Å². The number of rotatable bonds is 7. The Bertz CT molecular complexity index is 274. The zero-order valence-electron chi connectivity index (χ0n) is 11.8. The molecule has 0 bridgehead atoms. The Balaban J connectivity index is 1.68. The Kier molecular flexibility index (Phi) is 5.01. The minimum atomic E-state index is 0.283. The Labute approximate surface area is 111 Å². The summed E-state index contributed by atoms with van der Waals surface area (Å²) in [5.74, 6) is 1.13. The number of hydrogen-bond acceptors (Lipinski definition) is 3. The van der Waals surface area contributed by atoms with Crippen LogP contribution in [0.15, 0.2) is 0 Å². The molecule has 4 heteroatoms. The van der Waals surface area contributed by atoms with E-state index in [0.717, 1.165) is 45.1 Å². The zero-order valence-corrected chi connectivity index (χ0v) is 11.8. The van der Waals surface area contributed by atoms with E-state index in [0.29, 0.717) is 12.6 Å². The van der Waals surface area contributed by atoms with Gasteiger partial charge in [0, 0.05) is 19.1 Å². The molecule has 2 fully saturated rings. The quantitative estimate of drug-likeness (QED) is 0.733. The number of likely N-dealkylation sites (N-methyl/N-ethyl adjacent to an activating group) is 1. The maximum absolute atomic E-state index is 12.0. The van der Waals surface area contributed by atoms with E-state index in [4.69, 9.17) is 0 Å². The van der Waals surface area contributed by atoms with Crippen LogP contribution in [0.1, 0.15) is 33.1 Å². The third kappa shape index (κ3) is 3.69. The first kappa shape index (κ1) is 13.8. The second-order valence-electron chi connectivity index (χ2n) is 5.58. The average molecular weight is 253 g/mol. The molecular formula is C14H27N3O. The fraction of sp³-hybridized carbons (Fsp3) is 0.929. The summed E-state index contributed by atoms with van der Waals surface area (Å²) in [5.41, 5.74) is 0. The van der Waals surface area contributed by atoms with E-state index < -0.39 is 0 Å². The van der Waals surface area contributed by atoms with Gasteiger partial charge < -0.3 is 10.2 Å². The molecule has 1 atom stereocenters. The Morgan fingerprint density at radius 3 is 2.61 bits per heavy atom. The SMILES string of the molecule is CCN(CC)C1CCN(C(=O)CNCC2CC2)C1. The van der Waals surface area contributed by atoms with Gasteiger partial charge in [-0.15, -0.1) is 0 Å². The third-order valence-electron chi connectivity index (χ3n) is 4.25. The van der Waals surface area contributed by atoms with Crippen LogP contribution in [0.25, 0.3) is 0 Å². The fourth-order valence-corrected chi connectivity index (χ4v) is 2.82. The maximum Gasteiger partial charge on any atom is 0.236 e. The summed E-state index contributed by atoms with van der Waals surface area (Å²) in [6, 6.07) is 0.576. The molecule has 1 saturated heterocycles. The first-order chi connectivity index (χ1) is 8.74. The van der Waals surface area contributed by atoms with Crippen molar-refractivity contribution in [2.45, 2.75) is 39.2 Å². The molecule has 4 nitrogen and oxygen atoms in total. The molecule has 2 aliphatic rings. The lowest BCUT2D eigenvalue weighted by Gasteiger charge is -2.26. The molecule has 18 heavy (non-hydrogen) atoms. The van der Waals surface area contributed by atoms with Gasteiger partial charge in [0.1, 0.15) is 0 Å². The molecule has 1 aliphatic carbocycles. The number of nitrogens with zero attached hydrogens (tertiary/aromatic N) is 2. The molecule has 0 spiro atoms. The summed E-state index contributed by atoms with van der Waals surface area (Å²) in [6.07, 6.45) is 3.82. The highest BCUT2D eigenvalue weighted by molar-refractivity contribution is 5.78. The highest BCUT2D eigenvalue weighted by Gasteiger charge is 2.29. The van der Waals surface area contributed by atoms with Gasteiger partial charge in [0.15, 0.2) is 0 Å². The standard InChI is InChI=1S/C14H27N3O/c1-3-16(4-2)13-7-8-17(11-13)14(18)10-15-9-12-5-6-12/h12-13,15H,3-11H2,1-2H3. The van der Waals surface area contributed by atoms with Crippen LogP contribution in [0, 0.1) is 5.92 Å². The van der Waals surface area contributed by atoms with Crippen molar-refractivity contribution in [2.75, 3.05) is 39.3 Å². The van der Waals surface area contributed by atoms with Gasteiger partial charge in [0.2, 0.25) is 5.91 Å². The van der Waals surface area contributed by atoms with Crippen LogP contribution < -0.4 is 5.32 Å². The topological polar surface area (TPSA) is 35.6 Å². The zero-order chi connectivity index (χ0) is 13.0.